The Kier molecular flexibility index (Phi) is 3.12. The number of aromatic nitrogens is 2. The first-order valence-corrected chi connectivity index (χ1v) is 5.87. The fourth-order valence-corrected chi connectivity index (χ4v) is 2.24. The predicted octanol–water partition coefficient (Wildman–Crippen LogP) is 2.54. The Hall–Kier alpha value is -1.13. The van der Waals surface area contributed by atoms with Crippen molar-refractivity contribution in [2.45, 2.75) is 13.0 Å². The van der Waals surface area contributed by atoms with Crippen LogP contribution in [0.4, 0.5) is 0 Å². The molecule has 0 bridgehead atoms. The van der Waals surface area contributed by atoms with Gasteiger partial charge in [-0.3, -0.25) is 4.68 Å². The van der Waals surface area contributed by atoms with Crippen LogP contribution in [0.15, 0.2) is 35.1 Å². The molecule has 1 aromatic heterocycles. The maximum atomic E-state index is 6.21. The normalized spacial score (nSPS) is 12.8. The highest BCUT2D eigenvalue weighted by molar-refractivity contribution is 9.10. The fourth-order valence-electron chi connectivity index (χ4n) is 1.77. The van der Waals surface area contributed by atoms with Crippen LogP contribution in [0.25, 0.3) is 0 Å². The molecule has 1 heterocycles. The van der Waals surface area contributed by atoms with Crippen molar-refractivity contribution in [3.8, 4) is 0 Å². The maximum absolute atomic E-state index is 6.21. The first-order chi connectivity index (χ1) is 7.58. The second kappa shape index (κ2) is 4.39. The molecule has 84 valence electrons. The smallest absolute Gasteiger partial charge is 0.0585 e. The second-order valence-electron chi connectivity index (χ2n) is 3.93. The van der Waals surface area contributed by atoms with Crippen LogP contribution in [0.3, 0.4) is 0 Å². The molecule has 1 unspecified atom stereocenters. The Morgan fingerprint density at radius 3 is 2.75 bits per heavy atom. The minimum Gasteiger partial charge on any atom is -0.320 e. The van der Waals surface area contributed by atoms with E-state index in [2.05, 4.69) is 40.1 Å². The molecule has 4 heteroatoms. The van der Waals surface area contributed by atoms with Gasteiger partial charge < -0.3 is 5.73 Å². The van der Waals surface area contributed by atoms with Crippen LogP contribution >= 0.6 is 15.9 Å². The van der Waals surface area contributed by atoms with E-state index in [1.165, 1.54) is 5.56 Å². The molecular formula is C12H14BrN3. The van der Waals surface area contributed by atoms with Gasteiger partial charge in [-0.2, -0.15) is 5.10 Å². The number of halogens is 1. The SMILES string of the molecule is Cc1cc(Br)ccc1C(N)c1cnn(C)c1. The molecule has 1 aromatic carbocycles. The van der Waals surface area contributed by atoms with Gasteiger partial charge >= 0.3 is 0 Å². The van der Waals surface area contributed by atoms with Crippen molar-refractivity contribution < 1.29 is 0 Å². The van der Waals surface area contributed by atoms with Gasteiger partial charge in [0.2, 0.25) is 0 Å². The third kappa shape index (κ3) is 2.18. The van der Waals surface area contributed by atoms with Crippen molar-refractivity contribution in [3.63, 3.8) is 0 Å². The number of nitrogens with zero attached hydrogens (tertiary/aromatic N) is 2. The van der Waals surface area contributed by atoms with Crippen LogP contribution in [0.1, 0.15) is 22.7 Å². The second-order valence-corrected chi connectivity index (χ2v) is 4.84. The summed E-state index contributed by atoms with van der Waals surface area (Å²) in [6.07, 6.45) is 3.76. The predicted molar refractivity (Wildman–Crippen MR) is 68.1 cm³/mol. The van der Waals surface area contributed by atoms with E-state index in [1.807, 2.05) is 25.5 Å². The van der Waals surface area contributed by atoms with Crippen LogP contribution in [0, 0.1) is 6.92 Å². The highest BCUT2D eigenvalue weighted by Gasteiger charge is 2.12. The van der Waals surface area contributed by atoms with Gasteiger partial charge in [0.25, 0.3) is 0 Å². The number of aryl methyl sites for hydroxylation is 2. The lowest BCUT2D eigenvalue weighted by Gasteiger charge is -2.13. The first kappa shape index (κ1) is 11.4. The molecule has 0 aliphatic rings. The molecule has 2 aromatic rings. The number of benzene rings is 1. The summed E-state index contributed by atoms with van der Waals surface area (Å²) >= 11 is 3.45. The van der Waals surface area contributed by atoms with E-state index in [9.17, 15) is 0 Å². The van der Waals surface area contributed by atoms with E-state index in [1.54, 1.807) is 4.68 Å². The molecular weight excluding hydrogens is 266 g/mol. The monoisotopic (exact) mass is 279 g/mol. The van der Waals surface area contributed by atoms with Crippen LogP contribution < -0.4 is 5.73 Å². The van der Waals surface area contributed by atoms with Gasteiger partial charge in [0.1, 0.15) is 0 Å². The lowest BCUT2D eigenvalue weighted by molar-refractivity contribution is 0.764. The third-order valence-corrected chi connectivity index (χ3v) is 3.14. The summed E-state index contributed by atoms with van der Waals surface area (Å²) < 4.78 is 2.84. The largest absolute Gasteiger partial charge is 0.320 e. The quantitative estimate of drug-likeness (QED) is 0.918. The van der Waals surface area contributed by atoms with Crippen LogP contribution in [-0.4, -0.2) is 9.78 Å². The molecule has 16 heavy (non-hydrogen) atoms. The molecule has 0 aliphatic carbocycles. The van der Waals surface area contributed by atoms with E-state index >= 15 is 0 Å². The van der Waals surface area contributed by atoms with Crippen molar-refractivity contribution in [2.75, 3.05) is 0 Å². The van der Waals surface area contributed by atoms with E-state index < -0.39 is 0 Å². The lowest BCUT2D eigenvalue weighted by Crippen LogP contribution is -2.12. The molecule has 0 saturated carbocycles. The van der Waals surface area contributed by atoms with Gasteiger partial charge in [-0.15, -0.1) is 0 Å². The van der Waals surface area contributed by atoms with Gasteiger partial charge in [0, 0.05) is 23.3 Å². The zero-order valence-electron chi connectivity index (χ0n) is 9.31. The molecule has 3 nitrogen and oxygen atoms in total. The molecule has 0 amide bonds. The van der Waals surface area contributed by atoms with E-state index in [-0.39, 0.29) is 6.04 Å². The highest BCUT2D eigenvalue weighted by Crippen LogP contribution is 2.24. The Balaban J connectivity index is 2.37. The summed E-state index contributed by atoms with van der Waals surface area (Å²) in [6, 6.07) is 6.03. The molecule has 1 atom stereocenters. The van der Waals surface area contributed by atoms with Gasteiger partial charge in [-0.25, -0.2) is 0 Å². The summed E-state index contributed by atoms with van der Waals surface area (Å²) in [5.74, 6) is 0. The average molecular weight is 280 g/mol. The third-order valence-electron chi connectivity index (χ3n) is 2.65. The zero-order chi connectivity index (χ0) is 11.7. The van der Waals surface area contributed by atoms with E-state index in [4.69, 9.17) is 5.73 Å². The van der Waals surface area contributed by atoms with Gasteiger partial charge in [-0.1, -0.05) is 22.0 Å². The molecule has 0 radical (unpaired) electrons. The van der Waals surface area contributed by atoms with E-state index in [0.29, 0.717) is 0 Å². The molecule has 2 rings (SSSR count). The Bertz CT molecular complexity index is 505. The van der Waals surface area contributed by atoms with Crippen molar-refractivity contribution in [1.29, 1.82) is 0 Å². The summed E-state index contributed by atoms with van der Waals surface area (Å²) in [5, 5.41) is 4.14. The van der Waals surface area contributed by atoms with Crippen molar-refractivity contribution >= 4 is 15.9 Å². The molecule has 0 spiro atoms. The summed E-state index contributed by atoms with van der Waals surface area (Å²) in [4.78, 5) is 0. The lowest BCUT2D eigenvalue weighted by atomic mass is 9.98. The fraction of sp³-hybridized carbons (Fsp3) is 0.250. The van der Waals surface area contributed by atoms with E-state index in [0.717, 1.165) is 15.6 Å². The Labute approximate surface area is 103 Å². The minimum absolute atomic E-state index is 0.109. The number of rotatable bonds is 2. The van der Waals surface area contributed by atoms with Crippen molar-refractivity contribution in [3.05, 3.63) is 51.8 Å². The Morgan fingerprint density at radius 2 is 2.19 bits per heavy atom. The first-order valence-electron chi connectivity index (χ1n) is 5.08. The van der Waals surface area contributed by atoms with Crippen molar-refractivity contribution in [2.24, 2.45) is 12.8 Å². The molecule has 2 N–H and O–H groups in total. The summed E-state index contributed by atoms with van der Waals surface area (Å²) in [6.45, 7) is 2.07. The van der Waals surface area contributed by atoms with Gasteiger partial charge in [0.15, 0.2) is 0 Å². The van der Waals surface area contributed by atoms with Crippen LogP contribution in [-0.2, 0) is 7.05 Å². The standard InChI is InChI=1S/C12H14BrN3/c1-8-5-10(13)3-4-11(8)12(14)9-6-15-16(2)7-9/h3-7,12H,14H2,1-2H3. The number of nitrogens with two attached hydrogens (primary N) is 1. The van der Waals surface area contributed by atoms with Gasteiger partial charge in [-0.05, 0) is 30.2 Å². The molecule has 0 fully saturated rings. The zero-order valence-corrected chi connectivity index (χ0v) is 10.9. The topological polar surface area (TPSA) is 43.8 Å². The van der Waals surface area contributed by atoms with Crippen LogP contribution in [0.5, 0.6) is 0 Å². The molecule has 0 aliphatic heterocycles. The maximum Gasteiger partial charge on any atom is 0.0585 e. The Morgan fingerprint density at radius 1 is 1.44 bits per heavy atom. The summed E-state index contributed by atoms with van der Waals surface area (Å²) in [7, 11) is 1.89. The van der Waals surface area contributed by atoms with Crippen molar-refractivity contribution in [1.82, 2.24) is 9.78 Å². The minimum atomic E-state index is -0.109. The van der Waals surface area contributed by atoms with Crippen LogP contribution in [0.2, 0.25) is 0 Å². The van der Waals surface area contributed by atoms with Gasteiger partial charge in [0.05, 0.1) is 12.2 Å². The summed E-state index contributed by atoms with van der Waals surface area (Å²) in [5.41, 5.74) is 9.57. The highest BCUT2D eigenvalue weighted by atomic mass is 79.9. The average Bonchev–Trinajstić information content (AvgIpc) is 2.64. The molecule has 0 saturated heterocycles. The number of hydrogen-bond acceptors (Lipinski definition) is 2. The number of hydrogen-bond donors (Lipinski definition) is 1.